The summed E-state index contributed by atoms with van der Waals surface area (Å²) in [6.07, 6.45) is 77.9. The molecule has 0 fully saturated rings. The van der Waals surface area contributed by atoms with Crippen molar-refractivity contribution in [2.75, 3.05) is 39.6 Å². The zero-order chi connectivity index (χ0) is 79.7. The Kier molecular flexibility index (Phi) is 81.1. The van der Waals surface area contributed by atoms with Crippen molar-refractivity contribution >= 4 is 39.5 Å². The van der Waals surface area contributed by atoms with Gasteiger partial charge in [-0.1, -0.05) is 439 Å². The highest BCUT2D eigenvalue weighted by atomic mass is 31.2. The highest BCUT2D eigenvalue weighted by molar-refractivity contribution is 7.47. The van der Waals surface area contributed by atoms with Gasteiger partial charge in [0.1, 0.15) is 19.3 Å². The molecule has 109 heavy (non-hydrogen) atoms. The second-order valence-corrected chi connectivity index (χ2v) is 35.7. The van der Waals surface area contributed by atoms with Gasteiger partial charge in [0.2, 0.25) is 0 Å². The number of carbonyl (C=O) groups is 4. The molecular weight excluding hydrogens is 1410 g/mol. The van der Waals surface area contributed by atoms with E-state index in [1.165, 1.54) is 315 Å². The smallest absolute Gasteiger partial charge is 0.462 e. The lowest BCUT2D eigenvalue weighted by molar-refractivity contribution is -0.161. The normalized spacial score (nSPS) is 13.7. The molecular formula is C90H176O17P2. The first-order chi connectivity index (χ1) is 53.0. The van der Waals surface area contributed by atoms with Crippen LogP contribution in [0.3, 0.4) is 0 Å². The third-order valence-electron chi connectivity index (χ3n) is 21.3. The summed E-state index contributed by atoms with van der Waals surface area (Å²) in [5.74, 6) is -1.34. The standard InChI is InChI=1S/C90H176O17P2/c1-6-9-12-15-18-21-24-27-30-32-34-36-38-40-42-45-47-53-58-63-68-73-87(92)100-79-85(106-90(95)76-71-66-61-56-49-46-43-41-39-37-35-33-31-28-25-22-19-16-13-10-7-2)81-104-108(96,97)102-77-84(91)78-103-109(98,99)105-82-86(80-101-88(93)74-69-64-59-54-51-50-52-57-62-67-72-83(4)5)107-89(94)75-70-65-60-55-48-44-29-26-23-20-17-14-11-8-3/h83-86,91H,6-82H2,1-5H3,(H,96,97)(H,98,99)/t84-,85-,86-/m1/s1. The quantitative estimate of drug-likeness (QED) is 0.0222. The number of aliphatic hydroxyl groups is 1. The molecule has 3 N–H and O–H groups in total. The van der Waals surface area contributed by atoms with E-state index < -0.39 is 97.5 Å². The number of phosphoric ester groups is 2. The predicted molar refractivity (Wildman–Crippen MR) is 451 cm³/mol. The monoisotopic (exact) mass is 1590 g/mol. The van der Waals surface area contributed by atoms with E-state index in [1.807, 2.05) is 0 Å². The molecule has 17 nitrogen and oxygen atoms in total. The van der Waals surface area contributed by atoms with Gasteiger partial charge in [0, 0.05) is 25.7 Å². The first kappa shape index (κ1) is 107. The number of hydrogen-bond acceptors (Lipinski definition) is 15. The average Bonchev–Trinajstić information content (AvgIpc) is 0.899. The van der Waals surface area contributed by atoms with E-state index in [-0.39, 0.29) is 25.7 Å². The number of ether oxygens (including phenoxy) is 4. The molecule has 0 heterocycles. The number of esters is 4. The number of aliphatic hydroxyl groups excluding tert-OH is 1. The zero-order valence-electron chi connectivity index (χ0n) is 71.7. The van der Waals surface area contributed by atoms with Gasteiger partial charge in [-0.15, -0.1) is 0 Å². The maximum Gasteiger partial charge on any atom is 0.472 e. The van der Waals surface area contributed by atoms with Crippen LogP contribution in [0.1, 0.15) is 490 Å². The summed E-state index contributed by atoms with van der Waals surface area (Å²) < 4.78 is 69.0. The maximum atomic E-state index is 13.2. The third-order valence-corrected chi connectivity index (χ3v) is 23.2. The van der Waals surface area contributed by atoms with E-state index in [2.05, 4.69) is 34.6 Å². The fraction of sp³-hybridized carbons (Fsp3) is 0.956. The fourth-order valence-electron chi connectivity index (χ4n) is 14.2. The molecule has 5 atom stereocenters. The Morgan fingerprint density at radius 3 is 0.624 bits per heavy atom. The van der Waals surface area contributed by atoms with Crippen LogP contribution in [-0.2, 0) is 65.4 Å². The van der Waals surface area contributed by atoms with E-state index >= 15 is 0 Å². The Morgan fingerprint density at radius 2 is 0.422 bits per heavy atom. The van der Waals surface area contributed by atoms with Gasteiger partial charge in [-0.05, 0) is 31.6 Å². The third kappa shape index (κ3) is 83.8. The summed E-state index contributed by atoms with van der Waals surface area (Å²) in [7, 11) is -9.93. The van der Waals surface area contributed by atoms with Crippen LogP contribution in [0.15, 0.2) is 0 Å². The second-order valence-electron chi connectivity index (χ2n) is 32.8. The van der Waals surface area contributed by atoms with E-state index in [9.17, 15) is 43.2 Å². The molecule has 0 rings (SSSR count). The van der Waals surface area contributed by atoms with Gasteiger partial charge in [-0.25, -0.2) is 9.13 Å². The van der Waals surface area contributed by atoms with E-state index in [4.69, 9.17) is 37.0 Å². The Bertz CT molecular complexity index is 2070. The van der Waals surface area contributed by atoms with Crippen molar-refractivity contribution in [1.29, 1.82) is 0 Å². The molecule has 0 amide bonds. The number of carbonyl (C=O) groups excluding carboxylic acids is 4. The molecule has 0 spiro atoms. The summed E-state index contributed by atoms with van der Waals surface area (Å²) in [4.78, 5) is 73.4. The van der Waals surface area contributed by atoms with Gasteiger partial charge in [-0.3, -0.25) is 37.3 Å². The lowest BCUT2D eigenvalue weighted by atomic mass is 10.0. The van der Waals surface area contributed by atoms with Crippen molar-refractivity contribution in [2.24, 2.45) is 5.92 Å². The molecule has 0 aromatic heterocycles. The SMILES string of the molecule is CCCCCCCCCCCCCCCCCCCCCCCC(=O)OC[C@H](COP(=O)(O)OC[C@@H](O)COP(=O)(O)OC[C@@H](COC(=O)CCCCCCCCCCCCC(C)C)OC(=O)CCCCCCCCCCCCCCCC)OC(=O)CCCCCCCCCCCCCCCCCCCCCCC. The molecule has 0 aliphatic heterocycles. The van der Waals surface area contributed by atoms with Crippen LogP contribution in [0, 0.1) is 5.92 Å². The molecule has 19 heteroatoms. The van der Waals surface area contributed by atoms with E-state index in [0.717, 1.165) is 95.8 Å². The van der Waals surface area contributed by atoms with Crippen molar-refractivity contribution in [3.05, 3.63) is 0 Å². The summed E-state index contributed by atoms with van der Waals surface area (Å²) >= 11 is 0. The van der Waals surface area contributed by atoms with Gasteiger partial charge in [0.05, 0.1) is 26.4 Å². The van der Waals surface area contributed by atoms with Crippen LogP contribution < -0.4 is 0 Å². The van der Waals surface area contributed by atoms with Crippen molar-refractivity contribution in [3.63, 3.8) is 0 Å². The lowest BCUT2D eigenvalue weighted by Gasteiger charge is -2.21. The average molecular weight is 1590 g/mol. The minimum absolute atomic E-state index is 0.108. The van der Waals surface area contributed by atoms with Crippen LogP contribution in [0.2, 0.25) is 0 Å². The van der Waals surface area contributed by atoms with Crippen molar-refractivity contribution in [3.8, 4) is 0 Å². The highest BCUT2D eigenvalue weighted by Gasteiger charge is 2.31. The number of phosphoric acid groups is 2. The molecule has 0 saturated carbocycles. The van der Waals surface area contributed by atoms with Crippen LogP contribution >= 0.6 is 15.6 Å². The van der Waals surface area contributed by atoms with Crippen molar-refractivity contribution in [2.45, 2.75) is 509 Å². The van der Waals surface area contributed by atoms with Gasteiger partial charge in [0.15, 0.2) is 12.2 Å². The minimum atomic E-state index is -4.97. The number of unbranched alkanes of at least 4 members (excludes halogenated alkanes) is 62. The fourth-order valence-corrected chi connectivity index (χ4v) is 15.8. The van der Waals surface area contributed by atoms with Gasteiger partial charge < -0.3 is 33.8 Å². The molecule has 0 radical (unpaired) electrons. The molecule has 648 valence electrons. The summed E-state index contributed by atoms with van der Waals surface area (Å²) in [6.45, 7) is 7.38. The van der Waals surface area contributed by atoms with Gasteiger partial charge in [-0.2, -0.15) is 0 Å². The number of hydrogen-bond donors (Lipinski definition) is 3. The van der Waals surface area contributed by atoms with Crippen LogP contribution in [-0.4, -0.2) is 96.7 Å². The van der Waals surface area contributed by atoms with Gasteiger partial charge >= 0.3 is 39.5 Å². The van der Waals surface area contributed by atoms with Crippen LogP contribution in [0.4, 0.5) is 0 Å². The zero-order valence-corrected chi connectivity index (χ0v) is 73.5. The maximum absolute atomic E-state index is 13.2. The highest BCUT2D eigenvalue weighted by Crippen LogP contribution is 2.45. The molecule has 0 aromatic rings. The van der Waals surface area contributed by atoms with E-state index in [1.54, 1.807) is 0 Å². The summed E-state index contributed by atoms with van der Waals surface area (Å²) in [6, 6.07) is 0. The minimum Gasteiger partial charge on any atom is -0.462 e. The van der Waals surface area contributed by atoms with Gasteiger partial charge in [0.25, 0.3) is 0 Å². The first-order valence-electron chi connectivity index (χ1n) is 46.6. The molecule has 0 aliphatic carbocycles. The van der Waals surface area contributed by atoms with Crippen molar-refractivity contribution in [1.82, 2.24) is 0 Å². The predicted octanol–water partition coefficient (Wildman–Crippen LogP) is 27.9. The topological polar surface area (TPSA) is 237 Å². The van der Waals surface area contributed by atoms with Crippen LogP contribution in [0.25, 0.3) is 0 Å². The van der Waals surface area contributed by atoms with Crippen LogP contribution in [0.5, 0.6) is 0 Å². The first-order valence-corrected chi connectivity index (χ1v) is 49.6. The molecule has 0 bridgehead atoms. The summed E-state index contributed by atoms with van der Waals surface area (Å²) in [5.41, 5.74) is 0. The summed E-state index contributed by atoms with van der Waals surface area (Å²) in [5, 5.41) is 10.7. The molecule has 0 aliphatic rings. The molecule has 2 unspecified atom stereocenters. The Morgan fingerprint density at radius 1 is 0.248 bits per heavy atom. The molecule has 0 aromatic carbocycles. The Labute approximate surface area is 670 Å². The largest absolute Gasteiger partial charge is 0.472 e. The Hall–Kier alpha value is -1.94. The Balaban J connectivity index is 5.24. The number of rotatable bonds is 90. The van der Waals surface area contributed by atoms with Crippen molar-refractivity contribution < 1.29 is 80.2 Å². The molecule has 0 saturated heterocycles. The second kappa shape index (κ2) is 82.6. The lowest BCUT2D eigenvalue weighted by Crippen LogP contribution is -2.30. The van der Waals surface area contributed by atoms with E-state index in [0.29, 0.717) is 25.7 Å².